The van der Waals surface area contributed by atoms with Gasteiger partial charge in [-0.1, -0.05) is 43.5 Å². The maximum Gasteiger partial charge on any atom is 0.307 e. The fraction of sp³-hybridized carbons (Fsp3) is 0.364. The van der Waals surface area contributed by atoms with Gasteiger partial charge in [-0.2, -0.15) is 0 Å². The number of benzene rings is 2. The highest BCUT2D eigenvalue weighted by atomic mass is 16.5. The summed E-state index contributed by atoms with van der Waals surface area (Å²) in [6, 6.07) is 14.8. The third-order valence-electron chi connectivity index (χ3n) is 4.84. The fourth-order valence-electron chi connectivity index (χ4n) is 3.31. The molecule has 1 aliphatic carbocycles. The number of nitrogens with one attached hydrogen (secondary N) is 1. The predicted octanol–water partition coefficient (Wildman–Crippen LogP) is 3.96. The topological polar surface area (TPSA) is 75.6 Å². The number of ether oxygens (including phenoxy) is 1. The van der Waals surface area contributed by atoms with Crippen LogP contribution in [0.5, 0.6) is 5.75 Å². The Labute approximate surface area is 159 Å². The van der Waals surface area contributed by atoms with Gasteiger partial charge in [0.2, 0.25) is 0 Å². The van der Waals surface area contributed by atoms with E-state index >= 15 is 0 Å². The zero-order chi connectivity index (χ0) is 19.1. The summed E-state index contributed by atoms with van der Waals surface area (Å²) in [4.78, 5) is 23.0. The van der Waals surface area contributed by atoms with Crippen molar-refractivity contribution >= 4 is 11.9 Å². The van der Waals surface area contributed by atoms with E-state index in [9.17, 15) is 9.59 Å². The van der Waals surface area contributed by atoms with Crippen molar-refractivity contribution < 1.29 is 19.4 Å². The SMILES string of the molecule is O=C(O)Cc1ccc(COc2ccc(C(=O)NC3CCCCC3)cc2)cc1. The van der Waals surface area contributed by atoms with Crippen LogP contribution in [0.4, 0.5) is 0 Å². The fourth-order valence-corrected chi connectivity index (χ4v) is 3.31. The van der Waals surface area contributed by atoms with E-state index in [0.29, 0.717) is 24.0 Å². The van der Waals surface area contributed by atoms with E-state index in [1.165, 1.54) is 19.3 Å². The van der Waals surface area contributed by atoms with Crippen LogP contribution >= 0.6 is 0 Å². The Kier molecular flexibility index (Phi) is 6.47. The number of carboxylic acid groups (broad SMARTS) is 1. The van der Waals surface area contributed by atoms with Crippen molar-refractivity contribution in [2.45, 2.75) is 51.2 Å². The molecule has 0 unspecified atom stereocenters. The van der Waals surface area contributed by atoms with Crippen LogP contribution in [0.15, 0.2) is 48.5 Å². The highest BCUT2D eigenvalue weighted by Gasteiger charge is 2.16. The minimum atomic E-state index is -0.841. The molecule has 0 saturated heterocycles. The molecule has 0 radical (unpaired) electrons. The van der Waals surface area contributed by atoms with Crippen LogP contribution in [-0.2, 0) is 17.8 Å². The lowest BCUT2D eigenvalue weighted by Crippen LogP contribution is -2.36. The Balaban J connectivity index is 1.49. The van der Waals surface area contributed by atoms with Gasteiger partial charge in [0.25, 0.3) is 5.91 Å². The van der Waals surface area contributed by atoms with Gasteiger partial charge in [0.05, 0.1) is 6.42 Å². The van der Waals surface area contributed by atoms with Gasteiger partial charge in [0, 0.05) is 11.6 Å². The summed E-state index contributed by atoms with van der Waals surface area (Å²) < 4.78 is 5.75. The molecule has 5 heteroatoms. The third kappa shape index (κ3) is 5.84. The second-order valence-corrected chi connectivity index (χ2v) is 7.01. The van der Waals surface area contributed by atoms with E-state index in [1.54, 1.807) is 36.4 Å². The Bertz CT molecular complexity index is 762. The Morgan fingerprint density at radius 2 is 1.56 bits per heavy atom. The molecule has 142 valence electrons. The lowest BCUT2D eigenvalue weighted by molar-refractivity contribution is -0.136. The maximum absolute atomic E-state index is 12.3. The number of rotatable bonds is 7. The number of amides is 1. The van der Waals surface area contributed by atoms with Crippen molar-refractivity contribution in [3.63, 3.8) is 0 Å². The van der Waals surface area contributed by atoms with Crippen LogP contribution in [0.3, 0.4) is 0 Å². The number of hydrogen-bond donors (Lipinski definition) is 2. The molecular formula is C22H25NO4. The van der Waals surface area contributed by atoms with Crippen LogP contribution in [-0.4, -0.2) is 23.0 Å². The number of aliphatic carboxylic acids is 1. The second-order valence-electron chi connectivity index (χ2n) is 7.01. The van der Waals surface area contributed by atoms with Crippen LogP contribution in [0.25, 0.3) is 0 Å². The quantitative estimate of drug-likeness (QED) is 0.777. The summed E-state index contributed by atoms with van der Waals surface area (Å²) in [5.41, 5.74) is 2.37. The van der Waals surface area contributed by atoms with Gasteiger partial charge in [0.1, 0.15) is 12.4 Å². The smallest absolute Gasteiger partial charge is 0.307 e. The highest BCUT2D eigenvalue weighted by molar-refractivity contribution is 5.94. The first-order valence-electron chi connectivity index (χ1n) is 9.43. The van der Waals surface area contributed by atoms with Crippen molar-refractivity contribution in [1.29, 1.82) is 0 Å². The first-order chi connectivity index (χ1) is 13.1. The molecule has 0 heterocycles. The van der Waals surface area contributed by atoms with E-state index in [-0.39, 0.29) is 12.3 Å². The van der Waals surface area contributed by atoms with Crippen LogP contribution in [0.1, 0.15) is 53.6 Å². The molecule has 3 rings (SSSR count). The van der Waals surface area contributed by atoms with Crippen molar-refractivity contribution in [3.8, 4) is 5.75 Å². The van der Waals surface area contributed by atoms with Crippen LogP contribution in [0, 0.1) is 0 Å². The molecule has 27 heavy (non-hydrogen) atoms. The monoisotopic (exact) mass is 367 g/mol. The summed E-state index contributed by atoms with van der Waals surface area (Å²) in [5, 5.41) is 11.9. The van der Waals surface area contributed by atoms with E-state index in [1.807, 2.05) is 12.1 Å². The largest absolute Gasteiger partial charge is 0.489 e. The van der Waals surface area contributed by atoms with E-state index in [0.717, 1.165) is 24.0 Å². The first-order valence-corrected chi connectivity index (χ1v) is 9.43. The first kappa shape index (κ1) is 19.0. The molecule has 0 aromatic heterocycles. The molecule has 0 bridgehead atoms. The van der Waals surface area contributed by atoms with Gasteiger partial charge >= 0.3 is 5.97 Å². The van der Waals surface area contributed by atoms with E-state index in [2.05, 4.69) is 5.32 Å². The predicted molar refractivity (Wildman–Crippen MR) is 103 cm³/mol. The second kappa shape index (κ2) is 9.21. The average Bonchev–Trinajstić information content (AvgIpc) is 2.68. The molecule has 1 amide bonds. The average molecular weight is 367 g/mol. The van der Waals surface area contributed by atoms with Crippen molar-refractivity contribution in [2.75, 3.05) is 0 Å². The minimum Gasteiger partial charge on any atom is -0.489 e. The Hall–Kier alpha value is -2.82. The zero-order valence-corrected chi connectivity index (χ0v) is 15.3. The van der Waals surface area contributed by atoms with Gasteiger partial charge in [-0.25, -0.2) is 0 Å². The van der Waals surface area contributed by atoms with Gasteiger partial charge in [-0.05, 0) is 48.2 Å². The summed E-state index contributed by atoms with van der Waals surface area (Å²) in [7, 11) is 0. The Morgan fingerprint density at radius 1 is 0.926 bits per heavy atom. The minimum absolute atomic E-state index is 0.0194. The van der Waals surface area contributed by atoms with E-state index < -0.39 is 5.97 Å². The van der Waals surface area contributed by atoms with E-state index in [4.69, 9.17) is 9.84 Å². The van der Waals surface area contributed by atoms with Gasteiger partial charge in [0.15, 0.2) is 0 Å². The molecule has 5 nitrogen and oxygen atoms in total. The molecule has 2 N–H and O–H groups in total. The number of carbonyl (C=O) groups excluding carboxylic acids is 1. The molecule has 0 spiro atoms. The molecule has 1 aliphatic rings. The zero-order valence-electron chi connectivity index (χ0n) is 15.3. The van der Waals surface area contributed by atoms with Crippen molar-refractivity contribution in [2.24, 2.45) is 0 Å². The van der Waals surface area contributed by atoms with Gasteiger partial charge in [-0.3, -0.25) is 9.59 Å². The normalized spacial score (nSPS) is 14.5. The lowest BCUT2D eigenvalue weighted by atomic mass is 9.95. The molecule has 0 atom stereocenters. The van der Waals surface area contributed by atoms with Gasteiger partial charge < -0.3 is 15.2 Å². The Morgan fingerprint density at radius 3 is 2.19 bits per heavy atom. The van der Waals surface area contributed by atoms with Gasteiger partial charge in [-0.15, -0.1) is 0 Å². The molecule has 1 fully saturated rings. The maximum atomic E-state index is 12.3. The molecule has 0 aliphatic heterocycles. The number of hydrogen-bond acceptors (Lipinski definition) is 3. The number of carbonyl (C=O) groups is 2. The summed E-state index contributed by atoms with van der Waals surface area (Å²) >= 11 is 0. The summed E-state index contributed by atoms with van der Waals surface area (Å²) in [5.74, 6) is -0.173. The van der Waals surface area contributed by atoms with Crippen molar-refractivity contribution in [1.82, 2.24) is 5.32 Å². The molecule has 2 aromatic rings. The molecule has 1 saturated carbocycles. The van der Waals surface area contributed by atoms with Crippen LogP contribution in [0.2, 0.25) is 0 Å². The molecular weight excluding hydrogens is 342 g/mol. The highest BCUT2D eigenvalue weighted by Crippen LogP contribution is 2.19. The molecule has 2 aromatic carbocycles. The summed E-state index contributed by atoms with van der Waals surface area (Å²) in [6.07, 6.45) is 5.80. The third-order valence-corrected chi connectivity index (χ3v) is 4.84. The number of carboxylic acids is 1. The standard InChI is InChI=1S/C22H25NO4/c24-21(25)14-16-6-8-17(9-7-16)15-27-20-12-10-18(11-13-20)22(26)23-19-4-2-1-3-5-19/h6-13,19H,1-5,14-15H2,(H,23,26)(H,24,25). The van der Waals surface area contributed by atoms with Crippen molar-refractivity contribution in [3.05, 3.63) is 65.2 Å². The summed E-state index contributed by atoms with van der Waals surface area (Å²) in [6.45, 7) is 0.390. The van der Waals surface area contributed by atoms with Crippen LogP contribution < -0.4 is 10.1 Å². The lowest BCUT2D eigenvalue weighted by Gasteiger charge is -2.22.